The largest absolute Gasteiger partial charge is 0.380 e. The number of nitrogens with zero attached hydrogens (tertiary/aromatic N) is 2. The van der Waals surface area contributed by atoms with Crippen LogP contribution >= 0.6 is 11.6 Å². The van der Waals surface area contributed by atoms with Gasteiger partial charge in [0.25, 0.3) is 0 Å². The Morgan fingerprint density at radius 3 is 2.90 bits per heavy atom. The number of alkyl halides is 1. The summed E-state index contributed by atoms with van der Waals surface area (Å²) in [5.74, 6) is 0.563. The molecule has 112 valence electrons. The molecule has 0 spiro atoms. The van der Waals surface area contributed by atoms with Crippen molar-refractivity contribution >= 4 is 33.9 Å². The number of aromatic nitrogens is 1. The highest BCUT2D eigenvalue weighted by molar-refractivity contribution is 6.17. The van der Waals surface area contributed by atoms with Crippen LogP contribution in [0, 0.1) is 10.1 Å². The lowest BCUT2D eigenvalue weighted by molar-refractivity contribution is -0.384. The van der Waals surface area contributed by atoms with Crippen molar-refractivity contribution in [3.8, 4) is 0 Å². The van der Waals surface area contributed by atoms with Crippen LogP contribution < -0.4 is 5.32 Å². The first-order valence-corrected chi connectivity index (χ1v) is 7.17. The number of fused-ring (bicyclic) bond motifs is 1. The Bertz CT molecular complexity index is 621. The lowest BCUT2D eigenvalue weighted by atomic mass is 10.1. The minimum Gasteiger partial charge on any atom is -0.380 e. The maximum Gasteiger partial charge on any atom is 0.311 e. The number of benzene rings is 1. The molecule has 7 heteroatoms. The molecule has 0 amide bonds. The van der Waals surface area contributed by atoms with Crippen LogP contribution in [0.4, 0.5) is 11.4 Å². The van der Waals surface area contributed by atoms with E-state index in [4.69, 9.17) is 16.3 Å². The van der Waals surface area contributed by atoms with Crippen molar-refractivity contribution in [3.05, 3.63) is 40.6 Å². The molecule has 0 fully saturated rings. The average molecular weight is 310 g/mol. The van der Waals surface area contributed by atoms with Crippen LogP contribution in [0.2, 0.25) is 0 Å². The number of pyridine rings is 1. The number of rotatable bonds is 8. The van der Waals surface area contributed by atoms with E-state index >= 15 is 0 Å². The Morgan fingerprint density at radius 1 is 1.33 bits per heavy atom. The van der Waals surface area contributed by atoms with Gasteiger partial charge >= 0.3 is 5.69 Å². The molecule has 0 radical (unpaired) electrons. The third-order valence-electron chi connectivity index (χ3n) is 2.92. The molecule has 0 saturated carbocycles. The molecule has 0 unspecified atom stereocenters. The zero-order chi connectivity index (χ0) is 15.1. The van der Waals surface area contributed by atoms with Crippen LogP contribution in [0.5, 0.6) is 0 Å². The number of ether oxygens (including phenoxy) is 1. The third-order valence-corrected chi connectivity index (χ3v) is 3.19. The summed E-state index contributed by atoms with van der Waals surface area (Å²) in [5.41, 5.74) is 1.16. The van der Waals surface area contributed by atoms with Crippen molar-refractivity contribution < 1.29 is 9.66 Å². The number of halogens is 1. The highest BCUT2D eigenvalue weighted by Gasteiger charge is 2.17. The van der Waals surface area contributed by atoms with Gasteiger partial charge in [-0.1, -0.05) is 18.2 Å². The first kappa shape index (κ1) is 15.5. The van der Waals surface area contributed by atoms with Crippen LogP contribution in [0.1, 0.15) is 6.42 Å². The van der Waals surface area contributed by atoms with Crippen LogP contribution in [-0.4, -0.2) is 35.5 Å². The first-order valence-electron chi connectivity index (χ1n) is 6.63. The quantitative estimate of drug-likeness (QED) is 0.351. The summed E-state index contributed by atoms with van der Waals surface area (Å²) in [6.45, 7) is 1.53. The third kappa shape index (κ3) is 4.03. The Labute approximate surface area is 127 Å². The van der Waals surface area contributed by atoms with E-state index in [0.717, 1.165) is 11.8 Å². The molecule has 1 N–H and O–H groups in total. The molecule has 2 aromatic rings. The molecular formula is C14H16ClN3O3. The topological polar surface area (TPSA) is 77.3 Å². The molecule has 0 bridgehead atoms. The van der Waals surface area contributed by atoms with Gasteiger partial charge in [-0.15, -0.1) is 11.6 Å². The van der Waals surface area contributed by atoms with Gasteiger partial charge in [0.2, 0.25) is 0 Å². The highest BCUT2D eigenvalue weighted by Crippen LogP contribution is 2.30. The van der Waals surface area contributed by atoms with Gasteiger partial charge in [-0.25, -0.2) is 4.98 Å². The summed E-state index contributed by atoms with van der Waals surface area (Å²) >= 11 is 5.55. The van der Waals surface area contributed by atoms with Crippen molar-refractivity contribution in [3.63, 3.8) is 0 Å². The monoisotopic (exact) mass is 309 g/mol. The van der Waals surface area contributed by atoms with E-state index in [2.05, 4.69) is 10.3 Å². The van der Waals surface area contributed by atoms with E-state index < -0.39 is 4.92 Å². The Hall–Kier alpha value is -1.92. The molecule has 0 aliphatic carbocycles. The lowest BCUT2D eigenvalue weighted by Gasteiger charge is -2.10. The maximum atomic E-state index is 11.1. The van der Waals surface area contributed by atoms with E-state index in [1.165, 1.54) is 6.20 Å². The summed E-state index contributed by atoms with van der Waals surface area (Å²) in [6.07, 6.45) is 2.07. The smallest absolute Gasteiger partial charge is 0.311 e. The van der Waals surface area contributed by atoms with Gasteiger partial charge in [0, 0.05) is 24.4 Å². The second-order valence-electron chi connectivity index (χ2n) is 4.37. The van der Waals surface area contributed by atoms with Crippen LogP contribution in [-0.2, 0) is 4.74 Å². The van der Waals surface area contributed by atoms with E-state index in [1.54, 1.807) is 0 Å². The minimum atomic E-state index is -0.434. The number of hydrogen-bond donors (Lipinski definition) is 1. The molecule has 1 aromatic heterocycles. The molecule has 0 aliphatic heterocycles. The molecule has 1 aromatic carbocycles. The average Bonchev–Trinajstić information content (AvgIpc) is 2.50. The molecule has 0 aliphatic rings. The molecule has 1 heterocycles. The number of anilines is 1. The highest BCUT2D eigenvalue weighted by atomic mass is 35.5. The van der Waals surface area contributed by atoms with E-state index in [1.807, 2.05) is 24.3 Å². The standard InChI is InChI=1S/C14H16ClN3O3/c15-6-3-8-21-9-7-16-14-11-4-1-2-5-12(11)17-10-13(14)18(19)20/h1-2,4-5,10H,3,6-9H2,(H,16,17). The fourth-order valence-corrected chi connectivity index (χ4v) is 2.07. The molecule has 2 rings (SSSR count). The van der Waals surface area contributed by atoms with Gasteiger partial charge in [0.15, 0.2) is 0 Å². The predicted octanol–water partition coefficient (Wildman–Crippen LogP) is 3.20. The normalized spacial score (nSPS) is 10.7. The summed E-state index contributed by atoms with van der Waals surface area (Å²) in [6, 6.07) is 7.31. The van der Waals surface area contributed by atoms with Crippen molar-refractivity contribution in [2.24, 2.45) is 0 Å². The van der Waals surface area contributed by atoms with Crippen LogP contribution in [0.15, 0.2) is 30.5 Å². The molecule has 6 nitrogen and oxygen atoms in total. The van der Waals surface area contributed by atoms with Gasteiger partial charge in [-0.05, 0) is 12.5 Å². The van der Waals surface area contributed by atoms with Crippen molar-refractivity contribution in [1.82, 2.24) is 4.98 Å². The second kappa shape index (κ2) is 7.75. The molecular weight excluding hydrogens is 294 g/mol. The lowest BCUT2D eigenvalue weighted by Crippen LogP contribution is -2.12. The number of nitrogens with one attached hydrogen (secondary N) is 1. The van der Waals surface area contributed by atoms with E-state index in [0.29, 0.717) is 36.8 Å². The predicted molar refractivity (Wildman–Crippen MR) is 83.0 cm³/mol. The van der Waals surface area contributed by atoms with E-state index in [9.17, 15) is 10.1 Å². The summed E-state index contributed by atoms with van der Waals surface area (Å²) < 4.78 is 5.38. The fourth-order valence-electron chi connectivity index (χ4n) is 1.96. The fraction of sp³-hybridized carbons (Fsp3) is 0.357. The second-order valence-corrected chi connectivity index (χ2v) is 4.75. The molecule has 21 heavy (non-hydrogen) atoms. The van der Waals surface area contributed by atoms with E-state index in [-0.39, 0.29) is 5.69 Å². The summed E-state index contributed by atoms with van der Waals surface area (Å²) in [5, 5.41) is 14.9. The zero-order valence-electron chi connectivity index (χ0n) is 11.4. The molecule has 0 atom stereocenters. The van der Waals surface area contributed by atoms with Crippen LogP contribution in [0.3, 0.4) is 0 Å². The Balaban J connectivity index is 2.12. The van der Waals surface area contributed by atoms with Gasteiger partial charge in [0.05, 0.1) is 17.0 Å². The summed E-state index contributed by atoms with van der Waals surface area (Å²) in [7, 11) is 0. The number of nitro groups is 1. The van der Waals surface area contributed by atoms with Crippen molar-refractivity contribution in [2.45, 2.75) is 6.42 Å². The Kier molecular flexibility index (Phi) is 5.71. The van der Waals surface area contributed by atoms with Gasteiger partial charge < -0.3 is 10.1 Å². The summed E-state index contributed by atoms with van der Waals surface area (Å²) in [4.78, 5) is 14.8. The zero-order valence-corrected chi connectivity index (χ0v) is 12.2. The SMILES string of the molecule is O=[N+]([O-])c1cnc2ccccc2c1NCCOCCCCl. The number of hydrogen-bond acceptors (Lipinski definition) is 5. The van der Waals surface area contributed by atoms with Crippen molar-refractivity contribution in [2.75, 3.05) is 31.0 Å². The molecule has 0 saturated heterocycles. The Morgan fingerprint density at radius 2 is 2.14 bits per heavy atom. The van der Waals surface area contributed by atoms with Gasteiger partial charge in [-0.3, -0.25) is 10.1 Å². The van der Waals surface area contributed by atoms with Crippen molar-refractivity contribution in [1.29, 1.82) is 0 Å². The van der Waals surface area contributed by atoms with Gasteiger partial charge in [0.1, 0.15) is 11.9 Å². The van der Waals surface area contributed by atoms with Crippen LogP contribution in [0.25, 0.3) is 10.9 Å². The first-order chi connectivity index (χ1) is 10.2. The minimum absolute atomic E-state index is 0.0329. The maximum absolute atomic E-state index is 11.1. The number of para-hydroxylation sites is 1. The van der Waals surface area contributed by atoms with Gasteiger partial charge in [-0.2, -0.15) is 0 Å².